The lowest BCUT2D eigenvalue weighted by Gasteiger charge is -2.17. The van der Waals surface area contributed by atoms with Crippen molar-refractivity contribution < 1.29 is 8.42 Å². The van der Waals surface area contributed by atoms with Crippen molar-refractivity contribution in [1.29, 1.82) is 0 Å². The van der Waals surface area contributed by atoms with Gasteiger partial charge >= 0.3 is 0 Å². The second-order valence-electron chi connectivity index (χ2n) is 4.07. The zero-order valence-corrected chi connectivity index (χ0v) is 9.44. The van der Waals surface area contributed by atoms with Gasteiger partial charge in [0.2, 0.25) is 0 Å². The van der Waals surface area contributed by atoms with Crippen LogP contribution in [-0.4, -0.2) is 29.7 Å². The largest absolute Gasteiger partial charge is 0.322 e. The third-order valence-electron chi connectivity index (χ3n) is 2.98. The van der Waals surface area contributed by atoms with E-state index in [1.165, 1.54) is 0 Å². The normalized spacial score (nSPS) is 26.7. The molecule has 1 fully saturated rings. The first kappa shape index (κ1) is 10.6. The zero-order chi connectivity index (χ0) is 11.1. The Balaban J connectivity index is 2.17. The van der Waals surface area contributed by atoms with Gasteiger partial charge in [-0.2, -0.15) is 5.10 Å². The molecule has 0 aromatic carbocycles. The van der Waals surface area contributed by atoms with Crippen LogP contribution in [0.25, 0.3) is 0 Å². The first-order valence-corrected chi connectivity index (χ1v) is 6.75. The van der Waals surface area contributed by atoms with Crippen LogP contribution in [0.2, 0.25) is 0 Å². The number of aromatic nitrogens is 2. The minimum Gasteiger partial charge on any atom is -0.322 e. The van der Waals surface area contributed by atoms with Crippen molar-refractivity contribution in [1.82, 2.24) is 9.78 Å². The molecule has 1 aliphatic rings. The maximum atomic E-state index is 11.3. The maximum absolute atomic E-state index is 11.3. The summed E-state index contributed by atoms with van der Waals surface area (Å²) in [6, 6.07) is 1.62. The van der Waals surface area contributed by atoms with E-state index in [1.807, 2.05) is 13.1 Å². The van der Waals surface area contributed by atoms with Crippen LogP contribution >= 0.6 is 0 Å². The predicted molar refractivity (Wildman–Crippen MR) is 56.9 cm³/mol. The second-order valence-corrected chi connectivity index (χ2v) is 6.30. The molecule has 0 bridgehead atoms. The molecule has 2 heterocycles. The van der Waals surface area contributed by atoms with Crippen LogP contribution in [0.5, 0.6) is 0 Å². The van der Waals surface area contributed by atoms with E-state index in [1.54, 1.807) is 10.9 Å². The van der Waals surface area contributed by atoms with E-state index < -0.39 is 9.84 Å². The van der Waals surface area contributed by atoms with Gasteiger partial charge in [0, 0.05) is 13.2 Å². The van der Waals surface area contributed by atoms with Crippen LogP contribution in [0.3, 0.4) is 0 Å². The molecule has 0 amide bonds. The third kappa shape index (κ3) is 2.05. The fourth-order valence-corrected chi connectivity index (χ4v) is 3.91. The smallest absolute Gasteiger partial charge is 0.150 e. The number of rotatable bonds is 2. The molecule has 5 nitrogen and oxygen atoms in total. The van der Waals surface area contributed by atoms with Gasteiger partial charge in [-0.25, -0.2) is 8.42 Å². The Morgan fingerprint density at radius 2 is 2.40 bits per heavy atom. The summed E-state index contributed by atoms with van der Waals surface area (Å²) < 4.78 is 24.3. The molecular weight excluding hydrogens is 214 g/mol. The number of nitrogens with zero attached hydrogens (tertiary/aromatic N) is 2. The molecule has 0 aliphatic carbocycles. The van der Waals surface area contributed by atoms with Gasteiger partial charge in [0.25, 0.3) is 0 Å². The van der Waals surface area contributed by atoms with Gasteiger partial charge in [0.1, 0.15) is 0 Å². The van der Waals surface area contributed by atoms with E-state index in [-0.39, 0.29) is 23.5 Å². The Hall–Kier alpha value is -0.880. The second kappa shape index (κ2) is 3.61. The molecule has 0 saturated carbocycles. The number of nitrogens with two attached hydrogens (primary N) is 1. The average molecular weight is 229 g/mol. The van der Waals surface area contributed by atoms with Crippen molar-refractivity contribution in [3.8, 4) is 0 Å². The molecule has 0 radical (unpaired) electrons. The minimum absolute atomic E-state index is 0.0328. The highest BCUT2D eigenvalue weighted by Crippen LogP contribution is 2.29. The fourth-order valence-electron chi connectivity index (χ4n) is 2.06. The highest BCUT2D eigenvalue weighted by atomic mass is 32.2. The van der Waals surface area contributed by atoms with Gasteiger partial charge in [-0.15, -0.1) is 0 Å². The van der Waals surface area contributed by atoms with Gasteiger partial charge in [0.15, 0.2) is 9.84 Å². The summed E-state index contributed by atoms with van der Waals surface area (Å²) in [5.74, 6) is 0.508. The summed E-state index contributed by atoms with van der Waals surface area (Å²) in [5.41, 5.74) is 6.94. The standard InChI is InChI=1S/C9H15N3O2S/c1-12-8(2-4-11-12)9(10)7-3-5-15(13,14)6-7/h2,4,7,9H,3,5-6,10H2,1H3. The number of hydrogen-bond acceptors (Lipinski definition) is 4. The number of sulfone groups is 1. The van der Waals surface area contributed by atoms with Gasteiger partial charge in [-0.3, -0.25) is 4.68 Å². The van der Waals surface area contributed by atoms with Gasteiger partial charge in [-0.1, -0.05) is 0 Å². The summed E-state index contributed by atoms with van der Waals surface area (Å²) >= 11 is 0. The predicted octanol–water partition coefficient (Wildman–Crippen LogP) is -0.145. The van der Waals surface area contributed by atoms with E-state index in [0.29, 0.717) is 6.42 Å². The van der Waals surface area contributed by atoms with Crippen LogP contribution in [0.15, 0.2) is 12.3 Å². The van der Waals surface area contributed by atoms with E-state index in [0.717, 1.165) is 5.69 Å². The Labute approximate surface area is 89.2 Å². The van der Waals surface area contributed by atoms with Crippen LogP contribution < -0.4 is 5.73 Å². The summed E-state index contributed by atoms with van der Waals surface area (Å²) in [6.07, 6.45) is 2.34. The molecule has 1 saturated heterocycles. The monoisotopic (exact) mass is 229 g/mol. The molecule has 15 heavy (non-hydrogen) atoms. The van der Waals surface area contributed by atoms with Gasteiger partial charge in [0.05, 0.1) is 23.2 Å². The SMILES string of the molecule is Cn1nccc1C(N)C1CCS(=O)(=O)C1. The molecule has 2 unspecified atom stereocenters. The molecule has 2 rings (SSSR count). The Morgan fingerprint density at radius 3 is 2.87 bits per heavy atom. The number of aryl methyl sites for hydroxylation is 1. The Bertz CT molecular complexity index is 452. The summed E-state index contributed by atoms with van der Waals surface area (Å²) in [4.78, 5) is 0. The van der Waals surface area contributed by atoms with E-state index >= 15 is 0 Å². The maximum Gasteiger partial charge on any atom is 0.150 e. The van der Waals surface area contributed by atoms with Crippen LogP contribution in [0.1, 0.15) is 18.2 Å². The van der Waals surface area contributed by atoms with Gasteiger partial charge < -0.3 is 5.73 Å². The molecule has 6 heteroatoms. The minimum atomic E-state index is -2.85. The zero-order valence-electron chi connectivity index (χ0n) is 8.63. The van der Waals surface area contributed by atoms with Crippen molar-refractivity contribution in [3.05, 3.63) is 18.0 Å². The molecule has 2 N–H and O–H groups in total. The van der Waals surface area contributed by atoms with Crippen LogP contribution in [-0.2, 0) is 16.9 Å². The molecular formula is C9H15N3O2S. The summed E-state index contributed by atoms with van der Waals surface area (Å²) in [5, 5.41) is 4.03. The Kier molecular flexibility index (Phi) is 2.56. The van der Waals surface area contributed by atoms with Crippen molar-refractivity contribution in [2.24, 2.45) is 18.7 Å². The van der Waals surface area contributed by atoms with Crippen LogP contribution in [0, 0.1) is 5.92 Å². The van der Waals surface area contributed by atoms with Crippen molar-refractivity contribution in [2.45, 2.75) is 12.5 Å². The lowest BCUT2D eigenvalue weighted by molar-refractivity contribution is 0.453. The quantitative estimate of drug-likeness (QED) is 0.765. The Morgan fingerprint density at radius 1 is 1.67 bits per heavy atom. The fraction of sp³-hybridized carbons (Fsp3) is 0.667. The highest BCUT2D eigenvalue weighted by molar-refractivity contribution is 7.91. The summed E-state index contributed by atoms with van der Waals surface area (Å²) in [6.45, 7) is 0. The molecule has 1 aromatic heterocycles. The topological polar surface area (TPSA) is 78.0 Å². The molecule has 84 valence electrons. The van der Waals surface area contributed by atoms with Crippen molar-refractivity contribution in [2.75, 3.05) is 11.5 Å². The molecule has 1 aromatic rings. The highest BCUT2D eigenvalue weighted by Gasteiger charge is 2.33. The molecule has 1 aliphatic heterocycles. The van der Waals surface area contributed by atoms with Crippen LogP contribution in [0.4, 0.5) is 0 Å². The first-order chi connectivity index (χ1) is 6.99. The number of hydrogen-bond donors (Lipinski definition) is 1. The van der Waals surface area contributed by atoms with E-state index in [4.69, 9.17) is 5.73 Å². The third-order valence-corrected chi connectivity index (χ3v) is 4.77. The summed E-state index contributed by atoms with van der Waals surface area (Å²) in [7, 11) is -1.04. The van der Waals surface area contributed by atoms with Crippen molar-refractivity contribution >= 4 is 9.84 Å². The van der Waals surface area contributed by atoms with E-state index in [2.05, 4.69) is 5.10 Å². The van der Waals surface area contributed by atoms with Crippen molar-refractivity contribution in [3.63, 3.8) is 0 Å². The molecule has 0 spiro atoms. The van der Waals surface area contributed by atoms with Gasteiger partial charge in [-0.05, 0) is 18.4 Å². The molecule has 2 atom stereocenters. The first-order valence-electron chi connectivity index (χ1n) is 4.93. The average Bonchev–Trinajstić information content (AvgIpc) is 2.71. The van der Waals surface area contributed by atoms with E-state index in [9.17, 15) is 8.42 Å². The lowest BCUT2D eigenvalue weighted by Crippen LogP contribution is -2.24. The lowest BCUT2D eigenvalue weighted by atomic mass is 9.97.